The molecule has 1 atom stereocenters. The Kier molecular flexibility index (Phi) is 5.02. The quantitative estimate of drug-likeness (QED) is 0.697. The first-order chi connectivity index (χ1) is 12.1. The highest BCUT2D eigenvalue weighted by Crippen LogP contribution is 2.32. The topological polar surface area (TPSA) is 82.3 Å². The van der Waals surface area contributed by atoms with Crippen LogP contribution in [-0.2, 0) is 0 Å². The summed E-state index contributed by atoms with van der Waals surface area (Å²) in [5, 5.41) is 3.37. The Labute approximate surface area is 146 Å². The van der Waals surface area contributed by atoms with Crippen molar-refractivity contribution in [1.29, 1.82) is 0 Å². The van der Waals surface area contributed by atoms with Gasteiger partial charge in [0.05, 0.1) is 19.3 Å². The lowest BCUT2D eigenvalue weighted by molar-refractivity contribution is 0.287. The van der Waals surface area contributed by atoms with Crippen LogP contribution in [0.25, 0.3) is 11.2 Å². The molecule has 0 aliphatic heterocycles. The van der Waals surface area contributed by atoms with Gasteiger partial charge < -0.3 is 19.2 Å². The molecule has 25 heavy (non-hydrogen) atoms. The molecule has 132 valence electrons. The SMILES string of the molecule is CCOc1ccc([C@H](C)Nc2ncnc3oc(C)nc23)cc1OCC. The molecule has 3 aromatic rings. The molecule has 0 fully saturated rings. The molecule has 0 saturated heterocycles. The lowest BCUT2D eigenvalue weighted by Crippen LogP contribution is -2.09. The van der Waals surface area contributed by atoms with Crippen LogP contribution >= 0.6 is 0 Å². The van der Waals surface area contributed by atoms with Crippen molar-refractivity contribution in [3.8, 4) is 11.5 Å². The number of hydrogen-bond donors (Lipinski definition) is 1. The zero-order valence-corrected chi connectivity index (χ0v) is 14.9. The first kappa shape index (κ1) is 17.0. The zero-order valence-electron chi connectivity index (χ0n) is 14.9. The number of aryl methyl sites for hydroxylation is 1. The maximum absolute atomic E-state index is 5.70. The van der Waals surface area contributed by atoms with E-state index in [1.807, 2.05) is 39.0 Å². The number of hydrogen-bond acceptors (Lipinski definition) is 7. The fraction of sp³-hybridized carbons (Fsp3) is 0.389. The van der Waals surface area contributed by atoms with Crippen molar-refractivity contribution >= 4 is 17.0 Å². The van der Waals surface area contributed by atoms with Gasteiger partial charge in [0, 0.05) is 6.92 Å². The minimum absolute atomic E-state index is 0.00927. The van der Waals surface area contributed by atoms with E-state index in [1.54, 1.807) is 6.92 Å². The van der Waals surface area contributed by atoms with Crippen LogP contribution in [0.1, 0.15) is 38.3 Å². The normalized spacial score (nSPS) is 12.2. The molecule has 0 unspecified atom stereocenters. The summed E-state index contributed by atoms with van der Waals surface area (Å²) >= 11 is 0. The van der Waals surface area contributed by atoms with Crippen molar-refractivity contribution in [1.82, 2.24) is 15.0 Å². The van der Waals surface area contributed by atoms with E-state index in [4.69, 9.17) is 13.9 Å². The van der Waals surface area contributed by atoms with Gasteiger partial charge in [0.2, 0.25) is 0 Å². The van der Waals surface area contributed by atoms with Crippen molar-refractivity contribution in [3.05, 3.63) is 36.0 Å². The van der Waals surface area contributed by atoms with Gasteiger partial charge in [-0.1, -0.05) is 6.07 Å². The third kappa shape index (κ3) is 3.65. The minimum atomic E-state index is -0.00927. The lowest BCUT2D eigenvalue weighted by Gasteiger charge is -2.17. The Morgan fingerprint density at radius 1 is 1.12 bits per heavy atom. The van der Waals surface area contributed by atoms with Crippen LogP contribution in [0, 0.1) is 6.92 Å². The van der Waals surface area contributed by atoms with Gasteiger partial charge in [-0.3, -0.25) is 0 Å². The van der Waals surface area contributed by atoms with Crippen LogP contribution in [0.2, 0.25) is 0 Å². The molecule has 7 heteroatoms. The van der Waals surface area contributed by atoms with Gasteiger partial charge in [-0.25, -0.2) is 9.97 Å². The van der Waals surface area contributed by atoms with Crippen molar-refractivity contribution < 1.29 is 13.9 Å². The van der Waals surface area contributed by atoms with Gasteiger partial charge >= 0.3 is 0 Å². The maximum atomic E-state index is 5.70. The lowest BCUT2D eigenvalue weighted by atomic mass is 10.1. The molecule has 7 nitrogen and oxygen atoms in total. The van der Waals surface area contributed by atoms with Gasteiger partial charge in [0.25, 0.3) is 5.71 Å². The standard InChI is InChI=1S/C18H22N4O3/c1-5-23-14-8-7-13(9-15(14)24-6-2)11(3)21-17-16-18(20-10-19-17)25-12(4)22-16/h7-11H,5-6H2,1-4H3,(H,19,20,21)/t11-/m0/s1. The molecular weight excluding hydrogens is 320 g/mol. The smallest absolute Gasteiger partial charge is 0.252 e. The summed E-state index contributed by atoms with van der Waals surface area (Å²) in [6, 6.07) is 5.92. The first-order valence-corrected chi connectivity index (χ1v) is 8.36. The predicted molar refractivity (Wildman–Crippen MR) is 95.2 cm³/mol. The highest BCUT2D eigenvalue weighted by molar-refractivity contribution is 5.81. The third-order valence-corrected chi connectivity index (χ3v) is 3.72. The Balaban J connectivity index is 1.87. The third-order valence-electron chi connectivity index (χ3n) is 3.72. The molecule has 1 N–H and O–H groups in total. The first-order valence-electron chi connectivity index (χ1n) is 8.36. The number of fused-ring (bicyclic) bond motifs is 1. The average molecular weight is 342 g/mol. The van der Waals surface area contributed by atoms with Crippen molar-refractivity contribution in [2.24, 2.45) is 0 Å². The molecule has 0 amide bonds. The van der Waals surface area contributed by atoms with Crippen molar-refractivity contribution in [3.63, 3.8) is 0 Å². The van der Waals surface area contributed by atoms with Gasteiger partial charge in [-0.15, -0.1) is 0 Å². The van der Waals surface area contributed by atoms with Crippen molar-refractivity contribution in [2.45, 2.75) is 33.7 Å². The Hall–Kier alpha value is -2.83. The van der Waals surface area contributed by atoms with E-state index in [9.17, 15) is 0 Å². The Morgan fingerprint density at radius 2 is 1.88 bits per heavy atom. The second-order valence-electron chi connectivity index (χ2n) is 5.55. The number of anilines is 1. The van der Waals surface area contributed by atoms with E-state index < -0.39 is 0 Å². The number of benzene rings is 1. The molecule has 2 heterocycles. The van der Waals surface area contributed by atoms with Crippen LogP contribution in [0.3, 0.4) is 0 Å². The van der Waals surface area contributed by atoms with E-state index in [2.05, 4.69) is 20.3 Å². The summed E-state index contributed by atoms with van der Waals surface area (Å²) in [7, 11) is 0. The monoisotopic (exact) mass is 342 g/mol. The van der Waals surface area contributed by atoms with E-state index in [-0.39, 0.29) is 6.04 Å². The summed E-state index contributed by atoms with van der Waals surface area (Å²) < 4.78 is 16.8. The predicted octanol–water partition coefficient (Wildman–Crippen LogP) is 3.90. The summed E-state index contributed by atoms with van der Waals surface area (Å²) in [4.78, 5) is 12.7. The zero-order chi connectivity index (χ0) is 17.8. The van der Waals surface area contributed by atoms with Crippen LogP contribution < -0.4 is 14.8 Å². The Morgan fingerprint density at radius 3 is 2.64 bits per heavy atom. The highest BCUT2D eigenvalue weighted by Gasteiger charge is 2.15. The van der Waals surface area contributed by atoms with Crippen LogP contribution in [0.4, 0.5) is 5.82 Å². The number of rotatable bonds is 7. The van der Waals surface area contributed by atoms with E-state index in [1.165, 1.54) is 6.33 Å². The van der Waals surface area contributed by atoms with Crippen molar-refractivity contribution in [2.75, 3.05) is 18.5 Å². The molecule has 0 aliphatic rings. The summed E-state index contributed by atoms with van der Waals surface area (Å²) in [6.07, 6.45) is 1.46. The second kappa shape index (κ2) is 7.38. The minimum Gasteiger partial charge on any atom is -0.490 e. The number of aromatic nitrogens is 3. The average Bonchev–Trinajstić information content (AvgIpc) is 2.98. The molecule has 0 saturated carbocycles. The molecule has 3 rings (SSSR count). The number of nitrogens with one attached hydrogen (secondary N) is 1. The van der Waals surface area contributed by atoms with E-state index >= 15 is 0 Å². The molecular formula is C18H22N4O3. The van der Waals surface area contributed by atoms with Crippen LogP contribution in [0.5, 0.6) is 11.5 Å². The molecule has 0 aliphatic carbocycles. The number of oxazole rings is 1. The fourth-order valence-corrected chi connectivity index (χ4v) is 2.59. The molecule has 0 spiro atoms. The van der Waals surface area contributed by atoms with Gasteiger partial charge in [0.1, 0.15) is 6.33 Å². The molecule has 0 bridgehead atoms. The number of nitrogens with zero attached hydrogens (tertiary/aromatic N) is 3. The summed E-state index contributed by atoms with van der Waals surface area (Å²) in [6.45, 7) is 8.92. The fourth-order valence-electron chi connectivity index (χ4n) is 2.59. The highest BCUT2D eigenvalue weighted by atomic mass is 16.5. The second-order valence-corrected chi connectivity index (χ2v) is 5.55. The number of ether oxygens (including phenoxy) is 2. The maximum Gasteiger partial charge on any atom is 0.252 e. The van der Waals surface area contributed by atoms with E-state index in [0.29, 0.717) is 36.2 Å². The molecule has 0 radical (unpaired) electrons. The molecule has 1 aromatic carbocycles. The van der Waals surface area contributed by atoms with Gasteiger partial charge in [-0.2, -0.15) is 4.98 Å². The van der Waals surface area contributed by atoms with Crippen LogP contribution in [-0.4, -0.2) is 28.2 Å². The van der Waals surface area contributed by atoms with Gasteiger partial charge in [0.15, 0.2) is 28.7 Å². The Bertz CT molecular complexity index is 863. The summed E-state index contributed by atoms with van der Waals surface area (Å²) in [5.41, 5.74) is 2.16. The summed E-state index contributed by atoms with van der Waals surface area (Å²) in [5.74, 6) is 2.68. The largest absolute Gasteiger partial charge is 0.490 e. The van der Waals surface area contributed by atoms with Gasteiger partial charge in [-0.05, 0) is 38.5 Å². The van der Waals surface area contributed by atoms with E-state index in [0.717, 1.165) is 17.1 Å². The molecule has 2 aromatic heterocycles. The van der Waals surface area contributed by atoms with Crippen LogP contribution in [0.15, 0.2) is 28.9 Å².